The number of rotatable bonds is 3. The molecule has 0 saturated heterocycles. The third kappa shape index (κ3) is 2.38. The summed E-state index contributed by atoms with van der Waals surface area (Å²) in [4.78, 5) is 11.5. The molecule has 3 rings (SSSR count). The summed E-state index contributed by atoms with van der Waals surface area (Å²) in [7, 11) is 0. The van der Waals surface area contributed by atoms with E-state index in [0.717, 1.165) is 15.6 Å². The normalized spacial score (nSPS) is 24.4. The van der Waals surface area contributed by atoms with Crippen LogP contribution in [0.1, 0.15) is 28.5 Å². The number of carboxylic acid groups (broad SMARTS) is 1. The molecule has 1 unspecified atom stereocenters. The van der Waals surface area contributed by atoms with Crippen molar-refractivity contribution in [2.24, 2.45) is 5.92 Å². The molecule has 1 aliphatic rings. The molecule has 20 heavy (non-hydrogen) atoms. The maximum atomic E-state index is 11.5. The van der Waals surface area contributed by atoms with Crippen molar-refractivity contribution in [2.45, 2.75) is 18.8 Å². The summed E-state index contributed by atoms with van der Waals surface area (Å²) in [6, 6.07) is 16.2. The molecule has 2 aromatic rings. The Morgan fingerprint density at radius 1 is 0.950 bits per heavy atom. The number of carbonyl (C=O) groups is 1. The van der Waals surface area contributed by atoms with Gasteiger partial charge in [0.1, 0.15) is 0 Å². The summed E-state index contributed by atoms with van der Waals surface area (Å²) in [6.07, 6.45) is 0. The van der Waals surface area contributed by atoms with Crippen molar-refractivity contribution in [1.29, 1.82) is 0 Å². The lowest BCUT2D eigenvalue weighted by Crippen LogP contribution is -2.00. The molecule has 0 radical (unpaired) electrons. The maximum absolute atomic E-state index is 11.5. The molecule has 2 nitrogen and oxygen atoms in total. The van der Waals surface area contributed by atoms with Crippen molar-refractivity contribution in [3.05, 3.63) is 69.7 Å². The SMILES string of the molecule is Cc1ccc([C@@H]2C(C(=O)O)[C@H]2c2ccc(Br)cc2)cc1. The molecule has 102 valence electrons. The van der Waals surface area contributed by atoms with Gasteiger partial charge in [0, 0.05) is 16.3 Å². The molecule has 1 aliphatic carbocycles. The summed E-state index contributed by atoms with van der Waals surface area (Å²) >= 11 is 3.41. The number of hydrogen-bond donors (Lipinski definition) is 1. The van der Waals surface area contributed by atoms with E-state index in [9.17, 15) is 9.90 Å². The molecule has 0 amide bonds. The molecule has 0 heterocycles. The molecule has 3 heteroatoms. The molecular formula is C17H15BrO2. The van der Waals surface area contributed by atoms with Crippen LogP contribution in [0.3, 0.4) is 0 Å². The Balaban J connectivity index is 1.92. The zero-order valence-corrected chi connectivity index (χ0v) is 12.7. The molecule has 1 fully saturated rings. The lowest BCUT2D eigenvalue weighted by Gasteiger charge is -2.02. The maximum Gasteiger partial charge on any atom is 0.307 e. The lowest BCUT2D eigenvalue weighted by atomic mass is 10.0. The molecule has 0 aliphatic heterocycles. The van der Waals surface area contributed by atoms with Crippen LogP contribution in [0.15, 0.2) is 53.0 Å². The third-order valence-electron chi connectivity index (χ3n) is 4.02. The monoisotopic (exact) mass is 330 g/mol. The first kappa shape index (κ1) is 13.4. The smallest absolute Gasteiger partial charge is 0.307 e. The first-order chi connectivity index (χ1) is 9.58. The highest BCUT2D eigenvalue weighted by atomic mass is 79.9. The second-order valence-electron chi connectivity index (χ2n) is 5.38. The van der Waals surface area contributed by atoms with Gasteiger partial charge in [0.2, 0.25) is 0 Å². The Labute approximate surface area is 126 Å². The molecule has 0 spiro atoms. The summed E-state index contributed by atoms with van der Waals surface area (Å²) in [5.41, 5.74) is 3.42. The second kappa shape index (κ2) is 5.06. The van der Waals surface area contributed by atoms with Crippen molar-refractivity contribution in [2.75, 3.05) is 0 Å². The fourth-order valence-electron chi connectivity index (χ4n) is 2.92. The Bertz CT molecular complexity index is 580. The minimum atomic E-state index is -0.705. The van der Waals surface area contributed by atoms with Crippen molar-refractivity contribution in [3.63, 3.8) is 0 Å². The fourth-order valence-corrected chi connectivity index (χ4v) is 3.19. The van der Waals surface area contributed by atoms with Gasteiger partial charge in [-0.25, -0.2) is 0 Å². The van der Waals surface area contributed by atoms with Crippen molar-refractivity contribution < 1.29 is 9.90 Å². The second-order valence-corrected chi connectivity index (χ2v) is 6.29. The van der Waals surface area contributed by atoms with Gasteiger partial charge in [0.25, 0.3) is 0 Å². The van der Waals surface area contributed by atoms with Gasteiger partial charge in [-0.2, -0.15) is 0 Å². The van der Waals surface area contributed by atoms with Crippen LogP contribution in [0.25, 0.3) is 0 Å². The number of aliphatic carboxylic acids is 1. The van der Waals surface area contributed by atoms with E-state index in [4.69, 9.17) is 0 Å². The first-order valence-electron chi connectivity index (χ1n) is 6.63. The number of benzene rings is 2. The predicted molar refractivity (Wildman–Crippen MR) is 81.9 cm³/mol. The highest BCUT2D eigenvalue weighted by Crippen LogP contribution is 2.60. The largest absolute Gasteiger partial charge is 0.481 e. The summed E-state index contributed by atoms with van der Waals surface area (Å²) in [5, 5.41) is 9.42. The van der Waals surface area contributed by atoms with Crippen molar-refractivity contribution >= 4 is 21.9 Å². The van der Waals surface area contributed by atoms with Crippen LogP contribution in [0.4, 0.5) is 0 Å². The van der Waals surface area contributed by atoms with E-state index in [0.29, 0.717) is 0 Å². The van der Waals surface area contributed by atoms with E-state index in [1.807, 2.05) is 43.3 Å². The molecule has 2 aromatic carbocycles. The van der Waals surface area contributed by atoms with Crippen LogP contribution in [0.5, 0.6) is 0 Å². The molecule has 1 N–H and O–H groups in total. The van der Waals surface area contributed by atoms with Gasteiger partial charge >= 0.3 is 5.97 Å². The van der Waals surface area contributed by atoms with Gasteiger partial charge in [-0.3, -0.25) is 4.79 Å². The van der Waals surface area contributed by atoms with E-state index in [1.165, 1.54) is 5.56 Å². The van der Waals surface area contributed by atoms with Gasteiger partial charge in [0.15, 0.2) is 0 Å². The Hall–Kier alpha value is -1.61. The average molecular weight is 331 g/mol. The molecule has 1 saturated carbocycles. The number of carboxylic acids is 1. The zero-order valence-electron chi connectivity index (χ0n) is 11.1. The van der Waals surface area contributed by atoms with Crippen LogP contribution in [-0.2, 0) is 4.79 Å². The molecule has 0 aromatic heterocycles. The van der Waals surface area contributed by atoms with Gasteiger partial charge in [-0.05, 0) is 30.2 Å². The van der Waals surface area contributed by atoms with E-state index < -0.39 is 5.97 Å². The van der Waals surface area contributed by atoms with Crippen molar-refractivity contribution in [3.8, 4) is 0 Å². The molecule has 3 atom stereocenters. The number of aryl methyl sites for hydroxylation is 1. The van der Waals surface area contributed by atoms with Crippen LogP contribution >= 0.6 is 15.9 Å². The number of halogens is 1. The molecule has 0 bridgehead atoms. The average Bonchev–Trinajstić information content (AvgIpc) is 3.16. The minimum Gasteiger partial charge on any atom is -0.481 e. The van der Waals surface area contributed by atoms with Crippen LogP contribution in [0, 0.1) is 12.8 Å². The number of hydrogen-bond acceptors (Lipinski definition) is 1. The molecular weight excluding hydrogens is 316 g/mol. The van der Waals surface area contributed by atoms with E-state index in [1.54, 1.807) is 0 Å². The van der Waals surface area contributed by atoms with Crippen LogP contribution in [0.2, 0.25) is 0 Å². The fraction of sp³-hybridized carbons (Fsp3) is 0.235. The topological polar surface area (TPSA) is 37.3 Å². The Morgan fingerprint density at radius 2 is 1.40 bits per heavy atom. The zero-order chi connectivity index (χ0) is 14.3. The van der Waals surface area contributed by atoms with Gasteiger partial charge in [0.05, 0.1) is 5.92 Å². The Kier molecular flexibility index (Phi) is 3.38. The quantitative estimate of drug-likeness (QED) is 0.908. The summed E-state index contributed by atoms with van der Waals surface area (Å²) < 4.78 is 1.01. The van der Waals surface area contributed by atoms with Crippen LogP contribution < -0.4 is 0 Å². The summed E-state index contributed by atoms with van der Waals surface area (Å²) in [5.74, 6) is -0.833. The van der Waals surface area contributed by atoms with E-state index in [-0.39, 0.29) is 17.8 Å². The predicted octanol–water partition coefficient (Wildman–Crippen LogP) is 4.34. The minimum absolute atomic E-state index is 0.0864. The highest BCUT2D eigenvalue weighted by molar-refractivity contribution is 9.10. The van der Waals surface area contributed by atoms with Gasteiger partial charge in [-0.15, -0.1) is 0 Å². The van der Waals surface area contributed by atoms with Gasteiger partial charge in [-0.1, -0.05) is 57.9 Å². The van der Waals surface area contributed by atoms with E-state index >= 15 is 0 Å². The van der Waals surface area contributed by atoms with Gasteiger partial charge < -0.3 is 5.11 Å². The lowest BCUT2D eigenvalue weighted by molar-refractivity contribution is -0.138. The Morgan fingerprint density at radius 3 is 1.85 bits per heavy atom. The van der Waals surface area contributed by atoms with E-state index in [2.05, 4.69) is 28.1 Å². The summed E-state index contributed by atoms with van der Waals surface area (Å²) in [6.45, 7) is 2.04. The van der Waals surface area contributed by atoms with Crippen molar-refractivity contribution in [1.82, 2.24) is 0 Å². The third-order valence-corrected chi connectivity index (χ3v) is 4.55. The van der Waals surface area contributed by atoms with Crippen LogP contribution in [-0.4, -0.2) is 11.1 Å². The first-order valence-corrected chi connectivity index (χ1v) is 7.42. The highest BCUT2D eigenvalue weighted by Gasteiger charge is 2.56. The standard InChI is InChI=1S/C17H15BrO2/c1-10-2-4-11(5-3-10)14-15(16(14)17(19)20)12-6-8-13(18)9-7-12/h2-9,14-16H,1H3,(H,19,20)/t14-,15-,16?/m0/s1.